The molecule has 0 radical (unpaired) electrons. The second-order valence-electron chi connectivity index (χ2n) is 7.50. The van der Waals surface area contributed by atoms with Gasteiger partial charge in [0.2, 0.25) is 0 Å². The van der Waals surface area contributed by atoms with Crippen LogP contribution in [0.4, 0.5) is 4.39 Å². The molecule has 4 rings (SSSR count). The minimum absolute atomic E-state index is 0.0500. The molecule has 4 aromatic rings. The van der Waals surface area contributed by atoms with Crippen molar-refractivity contribution in [3.05, 3.63) is 95.4 Å². The number of carbonyl (C=O) groups excluding carboxylic acids is 1. The molecule has 0 saturated heterocycles. The maximum atomic E-state index is 13.0. The van der Waals surface area contributed by atoms with Gasteiger partial charge < -0.3 is 19.6 Å². The normalized spacial score (nSPS) is 10.8. The van der Waals surface area contributed by atoms with E-state index in [0.717, 1.165) is 10.9 Å². The van der Waals surface area contributed by atoms with Crippen molar-refractivity contribution in [1.82, 2.24) is 4.98 Å². The fraction of sp³-hybridized carbons (Fsp3) is 0.154. The second kappa shape index (κ2) is 9.99. The Morgan fingerprint density at radius 3 is 2.12 bits per heavy atom. The van der Waals surface area contributed by atoms with E-state index >= 15 is 0 Å². The Morgan fingerprint density at radius 1 is 0.848 bits per heavy atom. The molecule has 0 saturated carbocycles. The summed E-state index contributed by atoms with van der Waals surface area (Å²) in [5.74, 6) is -0.143. The lowest BCUT2D eigenvalue weighted by molar-refractivity contribution is -0.136. The van der Waals surface area contributed by atoms with Crippen LogP contribution in [0.1, 0.15) is 27.9 Å². The molecule has 3 aromatic carbocycles. The van der Waals surface area contributed by atoms with Crippen LogP contribution in [-0.4, -0.2) is 35.1 Å². The van der Waals surface area contributed by atoms with Gasteiger partial charge in [-0.3, -0.25) is 9.59 Å². The van der Waals surface area contributed by atoms with Crippen molar-refractivity contribution in [3.63, 3.8) is 0 Å². The molecule has 2 N–H and O–H groups in total. The minimum Gasteiger partial charge on any atom is -0.493 e. The number of H-pyrrole nitrogens is 1. The van der Waals surface area contributed by atoms with Gasteiger partial charge in [0.1, 0.15) is 17.3 Å². The molecule has 6 nitrogen and oxygen atoms in total. The predicted molar refractivity (Wildman–Crippen MR) is 122 cm³/mol. The summed E-state index contributed by atoms with van der Waals surface area (Å²) >= 11 is 0. The minimum atomic E-state index is -0.882. The molecule has 0 spiro atoms. The van der Waals surface area contributed by atoms with Crippen LogP contribution in [0.3, 0.4) is 0 Å². The summed E-state index contributed by atoms with van der Waals surface area (Å²) in [7, 11) is 0. The molecule has 0 aliphatic carbocycles. The van der Waals surface area contributed by atoms with Gasteiger partial charge in [0.05, 0.1) is 19.6 Å². The van der Waals surface area contributed by atoms with E-state index in [1.165, 1.54) is 24.3 Å². The van der Waals surface area contributed by atoms with E-state index in [2.05, 4.69) is 4.98 Å². The monoisotopic (exact) mass is 447 g/mol. The SMILES string of the molecule is O=C(O)Cc1c[nH]c2ccc(OCCCOc3ccc(C(=O)c4ccc(F)cc4)cc3)cc12. The van der Waals surface area contributed by atoms with Crippen molar-refractivity contribution in [2.75, 3.05) is 13.2 Å². The van der Waals surface area contributed by atoms with Gasteiger partial charge in [-0.25, -0.2) is 4.39 Å². The van der Waals surface area contributed by atoms with Crippen molar-refractivity contribution in [1.29, 1.82) is 0 Å². The number of hydrogen-bond acceptors (Lipinski definition) is 4. The molecule has 7 heteroatoms. The van der Waals surface area contributed by atoms with E-state index in [-0.39, 0.29) is 18.0 Å². The second-order valence-corrected chi connectivity index (χ2v) is 7.50. The highest BCUT2D eigenvalue weighted by Gasteiger charge is 2.10. The number of ketones is 1. The highest BCUT2D eigenvalue weighted by atomic mass is 19.1. The number of rotatable bonds is 10. The number of nitrogens with one attached hydrogen (secondary N) is 1. The smallest absolute Gasteiger partial charge is 0.307 e. The van der Waals surface area contributed by atoms with Gasteiger partial charge in [0.25, 0.3) is 0 Å². The number of halogens is 1. The van der Waals surface area contributed by atoms with Gasteiger partial charge in [0.15, 0.2) is 5.78 Å². The van der Waals surface area contributed by atoms with Crippen LogP contribution >= 0.6 is 0 Å². The van der Waals surface area contributed by atoms with Gasteiger partial charge in [0, 0.05) is 34.6 Å². The number of aromatic nitrogens is 1. The van der Waals surface area contributed by atoms with Crippen LogP contribution in [0.5, 0.6) is 11.5 Å². The first-order valence-corrected chi connectivity index (χ1v) is 10.5. The van der Waals surface area contributed by atoms with E-state index in [0.29, 0.717) is 47.8 Å². The molecule has 1 aromatic heterocycles. The number of carboxylic acid groups (broad SMARTS) is 1. The maximum Gasteiger partial charge on any atom is 0.307 e. The summed E-state index contributed by atoms with van der Waals surface area (Å²) in [6.45, 7) is 0.868. The fourth-order valence-corrected chi connectivity index (χ4v) is 3.47. The highest BCUT2D eigenvalue weighted by molar-refractivity contribution is 6.09. The third-order valence-electron chi connectivity index (χ3n) is 5.13. The fourth-order valence-electron chi connectivity index (χ4n) is 3.47. The molecule has 0 bridgehead atoms. The van der Waals surface area contributed by atoms with E-state index in [9.17, 15) is 14.0 Å². The van der Waals surface area contributed by atoms with Crippen LogP contribution in [0.15, 0.2) is 72.9 Å². The first-order chi connectivity index (χ1) is 16.0. The molecular weight excluding hydrogens is 425 g/mol. The highest BCUT2D eigenvalue weighted by Crippen LogP contribution is 2.24. The Balaban J connectivity index is 1.25. The molecule has 168 valence electrons. The number of ether oxygens (including phenoxy) is 2. The zero-order valence-electron chi connectivity index (χ0n) is 17.7. The lowest BCUT2D eigenvalue weighted by atomic mass is 10.0. The van der Waals surface area contributed by atoms with Crippen LogP contribution in [0.25, 0.3) is 10.9 Å². The number of hydrogen-bond donors (Lipinski definition) is 2. The zero-order valence-corrected chi connectivity index (χ0v) is 17.7. The maximum absolute atomic E-state index is 13.0. The standard InChI is InChI=1S/C26H22FNO5/c27-20-6-2-17(3-7-20)26(31)18-4-8-21(9-5-18)32-12-1-13-33-22-10-11-24-23(15-22)19(16-28-24)14-25(29)30/h2-11,15-16,28H,1,12-14H2,(H,29,30). The molecule has 0 aliphatic heterocycles. The number of aliphatic carboxylic acids is 1. The Morgan fingerprint density at radius 2 is 1.45 bits per heavy atom. The Labute approximate surface area is 189 Å². The third kappa shape index (κ3) is 5.57. The Bertz CT molecular complexity index is 1260. The Hall–Kier alpha value is -4.13. The quantitative estimate of drug-likeness (QED) is 0.263. The summed E-state index contributed by atoms with van der Waals surface area (Å²) in [6.07, 6.45) is 2.30. The summed E-state index contributed by atoms with van der Waals surface area (Å²) in [5.41, 5.74) is 2.51. The molecule has 0 atom stereocenters. The zero-order chi connectivity index (χ0) is 23.2. The summed E-state index contributed by atoms with van der Waals surface area (Å²) in [5, 5.41) is 9.86. The largest absolute Gasteiger partial charge is 0.493 e. The molecular formula is C26H22FNO5. The molecule has 0 aliphatic rings. The summed E-state index contributed by atoms with van der Waals surface area (Å²) in [4.78, 5) is 26.5. The predicted octanol–water partition coefficient (Wildman–Crippen LogP) is 5.01. The van der Waals surface area contributed by atoms with Gasteiger partial charge in [-0.05, 0) is 72.3 Å². The number of carboxylic acids is 1. The lowest BCUT2D eigenvalue weighted by Crippen LogP contribution is -2.05. The van der Waals surface area contributed by atoms with Crippen LogP contribution in [0, 0.1) is 5.82 Å². The van der Waals surface area contributed by atoms with E-state index in [4.69, 9.17) is 14.6 Å². The van der Waals surface area contributed by atoms with Crippen molar-refractivity contribution in [2.24, 2.45) is 0 Å². The van der Waals surface area contributed by atoms with Crippen molar-refractivity contribution in [2.45, 2.75) is 12.8 Å². The molecule has 0 unspecified atom stereocenters. The lowest BCUT2D eigenvalue weighted by Gasteiger charge is -2.09. The number of fused-ring (bicyclic) bond motifs is 1. The Kier molecular flexibility index (Phi) is 6.69. The van der Waals surface area contributed by atoms with E-state index in [1.54, 1.807) is 30.5 Å². The van der Waals surface area contributed by atoms with Crippen molar-refractivity contribution < 1.29 is 28.6 Å². The van der Waals surface area contributed by atoms with Crippen LogP contribution in [-0.2, 0) is 11.2 Å². The number of aromatic amines is 1. The number of benzene rings is 3. The average Bonchev–Trinajstić information content (AvgIpc) is 3.21. The van der Waals surface area contributed by atoms with Crippen LogP contribution in [0.2, 0.25) is 0 Å². The van der Waals surface area contributed by atoms with Crippen LogP contribution < -0.4 is 9.47 Å². The van der Waals surface area contributed by atoms with Gasteiger partial charge >= 0.3 is 5.97 Å². The van der Waals surface area contributed by atoms with Crippen molar-refractivity contribution in [3.8, 4) is 11.5 Å². The topological polar surface area (TPSA) is 88.6 Å². The first-order valence-electron chi connectivity index (χ1n) is 10.5. The molecule has 1 heterocycles. The van der Waals surface area contributed by atoms with Crippen molar-refractivity contribution >= 4 is 22.7 Å². The number of carbonyl (C=O) groups is 2. The molecule has 33 heavy (non-hydrogen) atoms. The summed E-state index contributed by atoms with van der Waals surface area (Å²) < 4.78 is 24.5. The third-order valence-corrected chi connectivity index (χ3v) is 5.13. The molecule has 0 fully saturated rings. The van der Waals surface area contributed by atoms with Gasteiger partial charge in [-0.15, -0.1) is 0 Å². The average molecular weight is 447 g/mol. The van der Waals surface area contributed by atoms with Gasteiger partial charge in [-0.2, -0.15) is 0 Å². The van der Waals surface area contributed by atoms with E-state index in [1.807, 2.05) is 18.2 Å². The van der Waals surface area contributed by atoms with E-state index < -0.39 is 5.97 Å². The first kappa shape index (κ1) is 22.1. The van der Waals surface area contributed by atoms with Gasteiger partial charge in [-0.1, -0.05) is 0 Å². The summed E-state index contributed by atoms with van der Waals surface area (Å²) in [6, 6.07) is 17.8. The molecule has 0 amide bonds.